The predicted molar refractivity (Wildman–Crippen MR) is 95.6 cm³/mol. The van der Waals surface area contributed by atoms with Gasteiger partial charge < -0.3 is 14.8 Å². The minimum Gasteiger partial charge on any atom is -0.490 e. The van der Waals surface area contributed by atoms with E-state index in [0.717, 1.165) is 17.7 Å². The molecule has 1 aliphatic rings. The molecule has 138 valence electrons. The summed E-state index contributed by atoms with van der Waals surface area (Å²) >= 11 is 0. The van der Waals surface area contributed by atoms with E-state index in [1.54, 1.807) is 18.5 Å². The van der Waals surface area contributed by atoms with Gasteiger partial charge in [0.05, 0.1) is 24.5 Å². The van der Waals surface area contributed by atoms with Crippen molar-refractivity contribution in [1.82, 2.24) is 15.1 Å². The standard InChI is InChI=1S/C19H23N3O4/c1-12-19(14(3)23)13(2)22(21-12)11-18(24)20-10-15-5-6-16-17(9-15)26-8-4-7-25-16/h5-6,9H,4,7-8,10-11H2,1-3H3,(H,20,24). The van der Waals surface area contributed by atoms with Crippen molar-refractivity contribution in [2.75, 3.05) is 13.2 Å². The number of hydrogen-bond donors (Lipinski definition) is 1. The van der Waals surface area contributed by atoms with Crippen LogP contribution in [-0.4, -0.2) is 34.7 Å². The molecule has 0 spiro atoms. The third kappa shape index (κ3) is 3.87. The molecule has 1 aromatic heterocycles. The highest BCUT2D eigenvalue weighted by molar-refractivity contribution is 5.96. The number of aryl methyl sites for hydroxylation is 1. The fraction of sp³-hybridized carbons (Fsp3) is 0.421. The summed E-state index contributed by atoms with van der Waals surface area (Å²) in [6, 6.07) is 5.66. The minimum absolute atomic E-state index is 0.0427. The summed E-state index contributed by atoms with van der Waals surface area (Å²) in [6.07, 6.45) is 0.853. The fourth-order valence-corrected chi connectivity index (χ4v) is 3.07. The molecule has 1 aromatic carbocycles. The first kappa shape index (κ1) is 18.0. The molecule has 0 saturated carbocycles. The van der Waals surface area contributed by atoms with Gasteiger partial charge >= 0.3 is 0 Å². The van der Waals surface area contributed by atoms with Gasteiger partial charge in [0.25, 0.3) is 0 Å². The lowest BCUT2D eigenvalue weighted by molar-refractivity contribution is -0.122. The maximum absolute atomic E-state index is 12.3. The topological polar surface area (TPSA) is 82.5 Å². The summed E-state index contributed by atoms with van der Waals surface area (Å²) in [7, 11) is 0. The third-order valence-electron chi connectivity index (χ3n) is 4.33. The zero-order valence-corrected chi connectivity index (χ0v) is 15.3. The molecular weight excluding hydrogens is 334 g/mol. The summed E-state index contributed by atoms with van der Waals surface area (Å²) in [5, 5.41) is 7.17. The molecule has 7 nitrogen and oxygen atoms in total. The zero-order chi connectivity index (χ0) is 18.7. The highest BCUT2D eigenvalue weighted by atomic mass is 16.5. The number of nitrogens with zero attached hydrogens (tertiary/aromatic N) is 2. The highest BCUT2D eigenvalue weighted by Crippen LogP contribution is 2.30. The number of rotatable bonds is 5. The van der Waals surface area contributed by atoms with Crippen LogP contribution in [0.1, 0.15) is 40.7 Å². The van der Waals surface area contributed by atoms with E-state index in [1.165, 1.54) is 6.92 Å². The van der Waals surface area contributed by atoms with E-state index in [2.05, 4.69) is 10.4 Å². The molecule has 0 aliphatic carbocycles. The average Bonchev–Trinajstić information content (AvgIpc) is 2.76. The molecule has 2 aromatic rings. The number of benzene rings is 1. The first-order chi connectivity index (χ1) is 12.5. The lowest BCUT2D eigenvalue weighted by Crippen LogP contribution is -2.28. The van der Waals surface area contributed by atoms with Gasteiger partial charge in [-0.2, -0.15) is 5.10 Å². The number of Topliss-reactive ketones (excluding diaryl/α,β-unsaturated/α-hetero) is 1. The van der Waals surface area contributed by atoms with E-state index < -0.39 is 0 Å². The Bertz CT molecular complexity index is 842. The third-order valence-corrected chi connectivity index (χ3v) is 4.33. The maximum Gasteiger partial charge on any atom is 0.242 e. The highest BCUT2D eigenvalue weighted by Gasteiger charge is 2.17. The number of ether oxygens (including phenoxy) is 2. The van der Waals surface area contributed by atoms with Crippen molar-refractivity contribution in [3.05, 3.63) is 40.7 Å². The number of amides is 1. The summed E-state index contributed by atoms with van der Waals surface area (Å²) < 4.78 is 12.8. The van der Waals surface area contributed by atoms with Crippen LogP contribution in [0, 0.1) is 13.8 Å². The number of aromatic nitrogens is 2. The van der Waals surface area contributed by atoms with Crippen LogP contribution in [0.25, 0.3) is 0 Å². The lowest BCUT2D eigenvalue weighted by atomic mass is 10.1. The Morgan fingerprint density at radius 3 is 2.62 bits per heavy atom. The summed E-state index contributed by atoms with van der Waals surface area (Å²) in [6.45, 7) is 6.81. The molecule has 1 aliphatic heterocycles. The monoisotopic (exact) mass is 357 g/mol. The largest absolute Gasteiger partial charge is 0.490 e. The van der Waals surface area contributed by atoms with Crippen LogP contribution in [0.15, 0.2) is 18.2 Å². The van der Waals surface area contributed by atoms with Crippen LogP contribution in [0.2, 0.25) is 0 Å². The van der Waals surface area contributed by atoms with Gasteiger partial charge in [0.15, 0.2) is 17.3 Å². The Hall–Kier alpha value is -2.83. The van der Waals surface area contributed by atoms with Crippen molar-refractivity contribution in [3.63, 3.8) is 0 Å². The molecule has 0 saturated heterocycles. The zero-order valence-electron chi connectivity index (χ0n) is 15.3. The molecule has 26 heavy (non-hydrogen) atoms. The van der Waals surface area contributed by atoms with E-state index in [-0.39, 0.29) is 18.2 Å². The molecule has 0 fully saturated rings. The van der Waals surface area contributed by atoms with Gasteiger partial charge in [-0.25, -0.2) is 0 Å². The quantitative estimate of drug-likeness (QED) is 0.830. The Labute approximate surface area is 152 Å². The molecular formula is C19H23N3O4. The number of hydrogen-bond acceptors (Lipinski definition) is 5. The molecule has 1 N–H and O–H groups in total. The number of nitrogens with one attached hydrogen (secondary N) is 1. The second kappa shape index (κ2) is 7.59. The van der Waals surface area contributed by atoms with Crippen molar-refractivity contribution in [2.45, 2.75) is 40.3 Å². The number of fused-ring (bicyclic) bond motifs is 1. The SMILES string of the molecule is CC(=O)c1c(C)nn(CC(=O)NCc2ccc3c(c2)OCCCO3)c1C. The van der Waals surface area contributed by atoms with Crippen molar-refractivity contribution in [2.24, 2.45) is 0 Å². The van der Waals surface area contributed by atoms with Crippen LogP contribution >= 0.6 is 0 Å². The number of carbonyl (C=O) groups excluding carboxylic acids is 2. The molecule has 7 heteroatoms. The van der Waals surface area contributed by atoms with Crippen LogP contribution in [0.4, 0.5) is 0 Å². The summed E-state index contributed by atoms with van der Waals surface area (Å²) in [5.41, 5.74) is 2.87. The van der Waals surface area contributed by atoms with E-state index in [0.29, 0.717) is 42.5 Å². The van der Waals surface area contributed by atoms with E-state index in [4.69, 9.17) is 9.47 Å². The first-order valence-corrected chi connectivity index (χ1v) is 8.66. The van der Waals surface area contributed by atoms with E-state index in [9.17, 15) is 9.59 Å². The normalized spacial score (nSPS) is 13.2. The average molecular weight is 357 g/mol. The van der Waals surface area contributed by atoms with Crippen molar-refractivity contribution >= 4 is 11.7 Å². The van der Waals surface area contributed by atoms with Crippen LogP contribution in [0.3, 0.4) is 0 Å². The molecule has 3 rings (SSSR count). The second-order valence-electron chi connectivity index (χ2n) is 6.37. The van der Waals surface area contributed by atoms with Crippen molar-refractivity contribution in [1.29, 1.82) is 0 Å². The van der Waals surface area contributed by atoms with Gasteiger partial charge in [-0.3, -0.25) is 14.3 Å². The van der Waals surface area contributed by atoms with Crippen LogP contribution < -0.4 is 14.8 Å². The fourth-order valence-electron chi connectivity index (χ4n) is 3.07. The maximum atomic E-state index is 12.3. The van der Waals surface area contributed by atoms with E-state index in [1.807, 2.05) is 18.2 Å². The van der Waals surface area contributed by atoms with E-state index >= 15 is 0 Å². The predicted octanol–water partition coefficient (Wildman–Crippen LogP) is 2.18. The minimum atomic E-state index is -0.169. The van der Waals surface area contributed by atoms with Gasteiger partial charge in [0, 0.05) is 18.7 Å². The lowest BCUT2D eigenvalue weighted by Gasteiger charge is -2.10. The van der Waals surface area contributed by atoms with Gasteiger partial charge in [0.2, 0.25) is 5.91 Å². The smallest absolute Gasteiger partial charge is 0.242 e. The van der Waals surface area contributed by atoms with Crippen LogP contribution in [-0.2, 0) is 17.9 Å². The first-order valence-electron chi connectivity index (χ1n) is 8.66. The van der Waals surface area contributed by atoms with Gasteiger partial charge in [-0.05, 0) is 38.5 Å². The molecule has 0 radical (unpaired) electrons. The van der Waals surface area contributed by atoms with Gasteiger partial charge in [-0.15, -0.1) is 0 Å². The Morgan fingerprint density at radius 1 is 1.19 bits per heavy atom. The summed E-state index contributed by atoms with van der Waals surface area (Å²) in [4.78, 5) is 23.9. The molecule has 0 bridgehead atoms. The molecule has 2 heterocycles. The van der Waals surface area contributed by atoms with Crippen molar-refractivity contribution < 1.29 is 19.1 Å². The Balaban J connectivity index is 1.62. The number of ketones is 1. The van der Waals surface area contributed by atoms with Crippen molar-refractivity contribution in [3.8, 4) is 11.5 Å². The Morgan fingerprint density at radius 2 is 1.92 bits per heavy atom. The second-order valence-corrected chi connectivity index (χ2v) is 6.37. The molecule has 0 unspecified atom stereocenters. The molecule has 0 atom stereocenters. The summed E-state index contributed by atoms with van der Waals surface area (Å²) in [5.74, 6) is 1.23. The molecule has 1 amide bonds. The Kier molecular flexibility index (Phi) is 5.25. The number of carbonyl (C=O) groups is 2. The van der Waals surface area contributed by atoms with Gasteiger partial charge in [-0.1, -0.05) is 6.07 Å². The van der Waals surface area contributed by atoms with Gasteiger partial charge in [0.1, 0.15) is 6.54 Å². The van der Waals surface area contributed by atoms with Crippen LogP contribution in [0.5, 0.6) is 11.5 Å².